The Labute approximate surface area is 134 Å². The molecule has 0 heterocycles. The molecular formula is C14H20NO7P. The maximum Gasteiger partial charge on any atom is 0.338 e. The maximum atomic E-state index is 12.5. The first-order chi connectivity index (χ1) is 10.8. The van der Waals surface area contributed by atoms with Gasteiger partial charge in [0.05, 0.1) is 16.1 Å². The Bertz CT molecular complexity index is 594. The van der Waals surface area contributed by atoms with Gasteiger partial charge in [-0.1, -0.05) is 6.92 Å². The van der Waals surface area contributed by atoms with E-state index in [1.54, 1.807) is 13.8 Å². The van der Waals surface area contributed by atoms with Crippen LogP contribution in [-0.2, 0) is 18.3 Å². The van der Waals surface area contributed by atoms with Crippen LogP contribution < -0.4 is 0 Å². The van der Waals surface area contributed by atoms with E-state index in [9.17, 15) is 19.5 Å². The van der Waals surface area contributed by atoms with E-state index in [1.807, 2.05) is 0 Å². The number of hydrogen-bond acceptors (Lipinski definition) is 7. The molecule has 23 heavy (non-hydrogen) atoms. The van der Waals surface area contributed by atoms with Crippen molar-refractivity contribution in [3.05, 3.63) is 39.9 Å². The van der Waals surface area contributed by atoms with Gasteiger partial charge in [0.1, 0.15) is 6.10 Å². The first-order valence-electron chi connectivity index (χ1n) is 6.95. The standard InChI is InChI=1S/C14H20NO7P/c1-5-13(23(19,20-3)21-4)10(2)22-14(16)11-6-8-12(9-7-11)15(17)18/h6-10,13H,5H2,1-4H3/t10-,13+/m0/s1. The third-order valence-corrected chi connectivity index (χ3v) is 6.10. The van der Waals surface area contributed by atoms with Crippen LogP contribution in [0, 0.1) is 10.1 Å². The van der Waals surface area contributed by atoms with Gasteiger partial charge in [-0.2, -0.15) is 0 Å². The molecule has 0 aliphatic carbocycles. The predicted molar refractivity (Wildman–Crippen MR) is 83.7 cm³/mol. The highest BCUT2D eigenvalue weighted by Crippen LogP contribution is 2.54. The van der Waals surface area contributed by atoms with E-state index in [-0.39, 0.29) is 11.3 Å². The summed E-state index contributed by atoms with van der Waals surface area (Å²) in [7, 11) is -0.831. The SMILES string of the molecule is CC[C@H]([C@H](C)OC(=O)c1ccc([N+](=O)[O-])cc1)P(=O)(OC)OC. The number of esters is 1. The third kappa shape index (κ3) is 4.60. The summed E-state index contributed by atoms with van der Waals surface area (Å²) in [6, 6.07) is 5.04. The normalized spacial score (nSPS) is 14.1. The lowest BCUT2D eigenvalue weighted by Crippen LogP contribution is -2.29. The molecule has 0 bridgehead atoms. The largest absolute Gasteiger partial charge is 0.458 e. The van der Waals surface area contributed by atoms with Crippen LogP contribution in [0.4, 0.5) is 5.69 Å². The first kappa shape index (κ1) is 19.3. The van der Waals surface area contributed by atoms with E-state index in [2.05, 4.69) is 0 Å². The molecule has 0 fully saturated rings. The van der Waals surface area contributed by atoms with E-state index in [4.69, 9.17) is 13.8 Å². The molecule has 2 atom stereocenters. The van der Waals surface area contributed by atoms with E-state index in [1.165, 1.54) is 38.5 Å². The Balaban J connectivity index is 2.86. The van der Waals surface area contributed by atoms with Gasteiger partial charge in [0.25, 0.3) is 5.69 Å². The van der Waals surface area contributed by atoms with Gasteiger partial charge in [0, 0.05) is 26.4 Å². The smallest absolute Gasteiger partial charge is 0.338 e. The molecule has 0 unspecified atom stereocenters. The predicted octanol–water partition coefficient (Wildman–Crippen LogP) is 3.40. The number of hydrogen-bond donors (Lipinski definition) is 0. The van der Waals surface area contributed by atoms with Gasteiger partial charge < -0.3 is 13.8 Å². The second-order valence-corrected chi connectivity index (χ2v) is 7.27. The van der Waals surface area contributed by atoms with E-state index in [0.29, 0.717) is 6.42 Å². The highest BCUT2D eigenvalue weighted by molar-refractivity contribution is 7.54. The number of nitro benzene ring substituents is 1. The van der Waals surface area contributed by atoms with Gasteiger partial charge >= 0.3 is 13.6 Å². The highest BCUT2D eigenvalue weighted by Gasteiger charge is 2.38. The van der Waals surface area contributed by atoms with Crippen LogP contribution in [0.5, 0.6) is 0 Å². The zero-order chi connectivity index (χ0) is 17.6. The molecule has 0 spiro atoms. The van der Waals surface area contributed by atoms with Crippen molar-refractivity contribution in [3.63, 3.8) is 0 Å². The molecule has 0 aliphatic heterocycles. The zero-order valence-electron chi connectivity index (χ0n) is 13.4. The van der Waals surface area contributed by atoms with Crippen molar-refractivity contribution in [1.82, 2.24) is 0 Å². The van der Waals surface area contributed by atoms with Crippen molar-refractivity contribution >= 4 is 19.3 Å². The van der Waals surface area contributed by atoms with Crippen LogP contribution in [0.25, 0.3) is 0 Å². The lowest BCUT2D eigenvalue weighted by molar-refractivity contribution is -0.384. The molecular weight excluding hydrogens is 325 g/mol. The second-order valence-electron chi connectivity index (χ2n) is 4.79. The summed E-state index contributed by atoms with van der Waals surface area (Å²) in [5.41, 5.74) is -0.564. The minimum atomic E-state index is -3.38. The third-order valence-electron chi connectivity index (χ3n) is 3.48. The van der Waals surface area contributed by atoms with E-state index < -0.39 is 30.3 Å². The summed E-state index contributed by atoms with van der Waals surface area (Å²) in [5.74, 6) is -0.662. The second kappa shape index (κ2) is 8.19. The minimum Gasteiger partial charge on any atom is -0.458 e. The van der Waals surface area contributed by atoms with Crippen LogP contribution in [0.1, 0.15) is 30.6 Å². The Morgan fingerprint density at radius 2 is 1.78 bits per heavy atom. The molecule has 0 aromatic heterocycles. The zero-order valence-corrected chi connectivity index (χ0v) is 14.3. The van der Waals surface area contributed by atoms with Gasteiger partial charge in [-0.15, -0.1) is 0 Å². The Morgan fingerprint density at radius 3 is 2.17 bits per heavy atom. The average molecular weight is 345 g/mol. The number of benzene rings is 1. The van der Waals surface area contributed by atoms with Crippen LogP contribution in [0.3, 0.4) is 0 Å². The molecule has 0 saturated heterocycles. The summed E-state index contributed by atoms with van der Waals surface area (Å²) < 4.78 is 27.7. The topological polar surface area (TPSA) is 105 Å². The molecule has 0 amide bonds. The number of non-ortho nitro benzene ring substituents is 1. The van der Waals surface area contributed by atoms with Crippen molar-refractivity contribution < 1.29 is 28.1 Å². The van der Waals surface area contributed by atoms with Crippen molar-refractivity contribution in [2.75, 3.05) is 14.2 Å². The Hall–Kier alpha value is -1.76. The van der Waals surface area contributed by atoms with Gasteiger partial charge in [-0.25, -0.2) is 4.79 Å². The molecule has 0 radical (unpaired) electrons. The minimum absolute atomic E-state index is 0.121. The maximum absolute atomic E-state index is 12.5. The summed E-state index contributed by atoms with van der Waals surface area (Å²) in [6.07, 6.45) is -0.290. The molecule has 1 rings (SSSR count). The molecule has 128 valence electrons. The number of carbonyl (C=O) groups excluding carboxylic acids is 1. The number of ether oxygens (including phenoxy) is 1. The van der Waals surface area contributed by atoms with Gasteiger partial charge in [-0.3, -0.25) is 14.7 Å². The average Bonchev–Trinajstić information content (AvgIpc) is 2.55. The number of nitro groups is 1. The summed E-state index contributed by atoms with van der Waals surface area (Å²) in [5, 5.41) is 10.6. The summed E-state index contributed by atoms with van der Waals surface area (Å²) in [4.78, 5) is 22.1. The summed E-state index contributed by atoms with van der Waals surface area (Å²) in [6.45, 7) is 3.38. The van der Waals surface area contributed by atoms with Crippen molar-refractivity contribution in [1.29, 1.82) is 0 Å². The van der Waals surface area contributed by atoms with Crippen LogP contribution >= 0.6 is 7.60 Å². The van der Waals surface area contributed by atoms with E-state index >= 15 is 0 Å². The molecule has 8 nitrogen and oxygen atoms in total. The fraction of sp³-hybridized carbons (Fsp3) is 0.500. The van der Waals surface area contributed by atoms with Crippen LogP contribution in [0.2, 0.25) is 0 Å². The molecule has 0 N–H and O–H groups in total. The number of carbonyl (C=O) groups is 1. The Morgan fingerprint density at radius 1 is 1.26 bits per heavy atom. The summed E-state index contributed by atoms with van der Waals surface area (Å²) >= 11 is 0. The first-order valence-corrected chi connectivity index (χ1v) is 8.56. The molecule has 0 saturated carbocycles. The fourth-order valence-corrected chi connectivity index (χ4v) is 3.91. The molecule has 9 heteroatoms. The van der Waals surface area contributed by atoms with Crippen molar-refractivity contribution in [3.8, 4) is 0 Å². The molecule has 0 aliphatic rings. The van der Waals surface area contributed by atoms with Gasteiger partial charge in [-0.05, 0) is 25.5 Å². The van der Waals surface area contributed by atoms with Gasteiger partial charge in [0.2, 0.25) is 0 Å². The highest BCUT2D eigenvalue weighted by atomic mass is 31.2. The quantitative estimate of drug-likeness (QED) is 0.308. The van der Waals surface area contributed by atoms with Crippen molar-refractivity contribution in [2.24, 2.45) is 0 Å². The van der Waals surface area contributed by atoms with Crippen molar-refractivity contribution in [2.45, 2.75) is 32.0 Å². The molecule has 1 aromatic rings. The lowest BCUT2D eigenvalue weighted by atomic mass is 10.2. The molecule has 1 aromatic carbocycles. The number of nitrogens with zero attached hydrogens (tertiary/aromatic N) is 1. The van der Waals surface area contributed by atoms with E-state index in [0.717, 1.165) is 0 Å². The fourth-order valence-electron chi connectivity index (χ4n) is 2.19. The van der Waals surface area contributed by atoms with Crippen LogP contribution in [0.15, 0.2) is 24.3 Å². The van der Waals surface area contributed by atoms with Gasteiger partial charge in [0.15, 0.2) is 0 Å². The van der Waals surface area contributed by atoms with Crippen LogP contribution in [-0.4, -0.2) is 36.9 Å². The number of rotatable bonds is 8. The lowest BCUT2D eigenvalue weighted by Gasteiger charge is -2.28. The Kier molecular flexibility index (Phi) is 6.87. The monoisotopic (exact) mass is 345 g/mol.